The van der Waals surface area contributed by atoms with E-state index in [9.17, 15) is 4.79 Å². The molecule has 0 aromatic rings. The van der Waals surface area contributed by atoms with Crippen molar-refractivity contribution >= 4 is 5.97 Å². The van der Waals surface area contributed by atoms with Gasteiger partial charge < -0.3 is 9.84 Å². The first-order chi connectivity index (χ1) is 20.6. The van der Waals surface area contributed by atoms with Crippen molar-refractivity contribution in [3.63, 3.8) is 0 Å². The maximum absolute atomic E-state index is 11.3. The van der Waals surface area contributed by atoms with E-state index in [2.05, 4.69) is 13.8 Å². The predicted octanol–water partition coefficient (Wildman–Crippen LogP) is 13.4. The smallest absolute Gasteiger partial charge is 0.306 e. The van der Waals surface area contributed by atoms with Gasteiger partial charge in [0.1, 0.15) is 0 Å². The van der Waals surface area contributed by atoms with Crippen LogP contribution in [0.25, 0.3) is 0 Å². The molecule has 0 bridgehead atoms. The highest BCUT2D eigenvalue weighted by Crippen LogP contribution is 2.15. The van der Waals surface area contributed by atoms with Gasteiger partial charge in [0.2, 0.25) is 0 Å². The number of carbonyl (C=O) groups excluding carboxylic acids is 1. The molecule has 3 nitrogen and oxygen atoms in total. The minimum atomic E-state index is -0.0362. The molecule has 0 aromatic heterocycles. The van der Waals surface area contributed by atoms with E-state index < -0.39 is 0 Å². The van der Waals surface area contributed by atoms with Gasteiger partial charge in [-0.25, -0.2) is 0 Å². The van der Waals surface area contributed by atoms with Gasteiger partial charge in [-0.15, -0.1) is 0 Å². The Labute approximate surface area is 266 Å². The van der Waals surface area contributed by atoms with Gasteiger partial charge in [0.15, 0.2) is 0 Å². The first kappa shape index (κ1) is 43.6. The monoisotopic (exact) mass is 597 g/mol. The fourth-order valence-corrected chi connectivity index (χ4v) is 5.62. The number of esters is 1. The molecule has 0 unspecified atom stereocenters. The summed E-state index contributed by atoms with van der Waals surface area (Å²) in [7, 11) is 0. The van der Waals surface area contributed by atoms with Gasteiger partial charge >= 0.3 is 5.97 Å². The van der Waals surface area contributed by atoms with E-state index in [0.29, 0.717) is 13.0 Å². The molecular weight excluding hydrogens is 516 g/mol. The normalized spacial score (nSPS) is 11.1. The Kier molecular flexibility index (Phi) is 41.9. The number of ether oxygens (including phenoxy) is 1. The SMILES string of the molecule is CCCCCCCCCCCCCC(=O)OC(C)C.CCCCCCCCCCCCCCCCCCCCCCO. The van der Waals surface area contributed by atoms with Gasteiger partial charge in [0.25, 0.3) is 0 Å². The van der Waals surface area contributed by atoms with Crippen LogP contribution < -0.4 is 0 Å². The second-order valence-corrected chi connectivity index (χ2v) is 13.3. The number of unbranched alkanes of at least 4 members (excludes halogenated alkanes) is 29. The summed E-state index contributed by atoms with van der Waals surface area (Å²) in [6, 6.07) is 0. The van der Waals surface area contributed by atoms with Crippen molar-refractivity contribution in [1.29, 1.82) is 0 Å². The molecule has 1 N–H and O–H groups in total. The lowest BCUT2D eigenvalue weighted by atomic mass is 10.0. The van der Waals surface area contributed by atoms with Crippen molar-refractivity contribution in [3.8, 4) is 0 Å². The van der Waals surface area contributed by atoms with Gasteiger partial charge in [-0.3, -0.25) is 4.79 Å². The number of aliphatic hydroxyl groups is 1. The van der Waals surface area contributed by atoms with Gasteiger partial charge in [0.05, 0.1) is 6.10 Å². The van der Waals surface area contributed by atoms with Crippen LogP contribution in [0.2, 0.25) is 0 Å². The predicted molar refractivity (Wildman–Crippen MR) is 187 cm³/mol. The highest BCUT2D eigenvalue weighted by Gasteiger charge is 2.04. The highest BCUT2D eigenvalue weighted by atomic mass is 16.5. The summed E-state index contributed by atoms with van der Waals surface area (Å²) < 4.78 is 5.10. The first-order valence-corrected chi connectivity index (χ1v) is 19.4. The molecule has 0 aliphatic rings. The molecule has 0 fully saturated rings. The van der Waals surface area contributed by atoms with Crippen molar-refractivity contribution in [1.82, 2.24) is 0 Å². The lowest BCUT2D eigenvalue weighted by molar-refractivity contribution is -0.147. The topological polar surface area (TPSA) is 46.5 Å². The summed E-state index contributed by atoms with van der Waals surface area (Å²) in [5, 5.41) is 8.71. The summed E-state index contributed by atoms with van der Waals surface area (Å²) >= 11 is 0. The summed E-state index contributed by atoms with van der Waals surface area (Å²) in [5.74, 6) is -0.0362. The van der Waals surface area contributed by atoms with E-state index in [-0.39, 0.29) is 12.1 Å². The van der Waals surface area contributed by atoms with E-state index in [4.69, 9.17) is 9.84 Å². The number of hydrogen-bond donors (Lipinski definition) is 1. The molecule has 0 saturated heterocycles. The van der Waals surface area contributed by atoms with E-state index in [0.717, 1.165) is 12.8 Å². The number of rotatable bonds is 33. The van der Waals surface area contributed by atoms with Crippen LogP contribution in [0.4, 0.5) is 0 Å². The average molecular weight is 597 g/mol. The molecule has 0 radical (unpaired) electrons. The molecule has 0 amide bonds. The molecule has 0 heterocycles. The third kappa shape index (κ3) is 43.9. The van der Waals surface area contributed by atoms with Crippen LogP contribution in [0.1, 0.15) is 233 Å². The average Bonchev–Trinajstić information content (AvgIpc) is 2.97. The van der Waals surface area contributed by atoms with Crippen molar-refractivity contribution in [2.45, 2.75) is 239 Å². The van der Waals surface area contributed by atoms with Crippen molar-refractivity contribution in [2.24, 2.45) is 0 Å². The molecule has 0 spiro atoms. The molecule has 0 aromatic carbocycles. The largest absolute Gasteiger partial charge is 0.463 e. The quantitative estimate of drug-likeness (QED) is 0.0605. The van der Waals surface area contributed by atoms with Crippen LogP contribution in [-0.2, 0) is 9.53 Å². The third-order valence-electron chi connectivity index (χ3n) is 8.36. The number of hydrogen-bond acceptors (Lipinski definition) is 3. The van der Waals surface area contributed by atoms with Crippen LogP contribution in [0, 0.1) is 0 Å². The summed E-state index contributed by atoms with van der Waals surface area (Å²) in [4.78, 5) is 11.3. The van der Waals surface area contributed by atoms with Crippen LogP contribution in [0.5, 0.6) is 0 Å². The zero-order valence-corrected chi connectivity index (χ0v) is 29.7. The Hall–Kier alpha value is -0.570. The second kappa shape index (κ2) is 40.4. The molecule has 254 valence electrons. The molecule has 0 aliphatic carbocycles. The second-order valence-electron chi connectivity index (χ2n) is 13.3. The maximum Gasteiger partial charge on any atom is 0.306 e. The van der Waals surface area contributed by atoms with Gasteiger partial charge in [-0.1, -0.05) is 200 Å². The Morgan fingerprint density at radius 1 is 0.429 bits per heavy atom. The van der Waals surface area contributed by atoms with E-state index in [1.807, 2.05) is 13.8 Å². The standard InChI is InChI=1S/C22H46O.C17H34O2/c1-2-3-4-5-6-7-8-9-10-11-12-13-14-15-16-17-18-19-20-21-22-23;1-4-5-6-7-8-9-10-11-12-13-14-15-17(18)19-16(2)3/h23H,2-22H2,1H3;16H,4-15H2,1-3H3. The summed E-state index contributed by atoms with van der Waals surface area (Å²) in [5.41, 5.74) is 0. The Balaban J connectivity index is 0. The Morgan fingerprint density at radius 3 is 0.905 bits per heavy atom. The van der Waals surface area contributed by atoms with Gasteiger partial charge in [-0.2, -0.15) is 0 Å². The van der Waals surface area contributed by atoms with Crippen LogP contribution in [0.3, 0.4) is 0 Å². The fraction of sp³-hybridized carbons (Fsp3) is 0.974. The molecule has 42 heavy (non-hydrogen) atoms. The molecule has 0 atom stereocenters. The van der Waals surface area contributed by atoms with E-state index in [1.165, 1.54) is 186 Å². The van der Waals surface area contributed by atoms with Crippen molar-refractivity contribution in [2.75, 3.05) is 6.61 Å². The number of aliphatic hydroxyl groups excluding tert-OH is 1. The van der Waals surface area contributed by atoms with Gasteiger partial charge in [-0.05, 0) is 26.7 Å². The molecule has 0 aliphatic heterocycles. The van der Waals surface area contributed by atoms with Gasteiger partial charge in [0, 0.05) is 13.0 Å². The fourth-order valence-electron chi connectivity index (χ4n) is 5.62. The summed E-state index contributed by atoms with van der Waals surface area (Å²) in [6.45, 7) is 8.73. The Morgan fingerprint density at radius 2 is 0.667 bits per heavy atom. The van der Waals surface area contributed by atoms with Crippen LogP contribution in [-0.4, -0.2) is 23.8 Å². The van der Waals surface area contributed by atoms with E-state index >= 15 is 0 Å². The van der Waals surface area contributed by atoms with Crippen molar-refractivity contribution < 1.29 is 14.6 Å². The highest BCUT2D eigenvalue weighted by molar-refractivity contribution is 5.69. The van der Waals surface area contributed by atoms with Crippen molar-refractivity contribution in [3.05, 3.63) is 0 Å². The minimum Gasteiger partial charge on any atom is -0.463 e. The van der Waals surface area contributed by atoms with Crippen LogP contribution in [0.15, 0.2) is 0 Å². The van der Waals surface area contributed by atoms with E-state index in [1.54, 1.807) is 0 Å². The van der Waals surface area contributed by atoms with Crippen LogP contribution >= 0.6 is 0 Å². The lowest BCUT2D eigenvalue weighted by Crippen LogP contribution is -2.10. The lowest BCUT2D eigenvalue weighted by Gasteiger charge is -2.07. The first-order valence-electron chi connectivity index (χ1n) is 19.4. The Bertz CT molecular complexity index is 456. The summed E-state index contributed by atoms with van der Waals surface area (Å²) in [6.07, 6.45) is 43.2. The minimum absolute atomic E-state index is 0.0280. The molecular formula is C39H80O3. The molecule has 0 saturated carbocycles. The molecule has 3 heteroatoms. The number of carbonyl (C=O) groups is 1. The third-order valence-corrected chi connectivity index (χ3v) is 8.36. The maximum atomic E-state index is 11.3. The molecule has 0 rings (SSSR count). The zero-order chi connectivity index (χ0) is 31.2. The zero-order valence-electron chi connectivity index (χ0n) is 29.7.